The van der Waals surface area contributed by atoms with Gasteiger partial charge in [0.05, 0.1) is 0 Å². The van der Waals surface area contributed by atoms with Gasteiger partial charge < -0.3 is 0 Å². The Hall–Kier alpha value is -6.76. The first kappa shape index (κ1) is 31.7. The Kier molecular flexibility index (Phi) is 7.00. The minimum Gasteiger partial charge on any atom is -0.0622 e. The highest BCUT2D eigenvalue weighted by Crippen LogP contribution is 2.55. The van der Waals surface area contributed by atoms with E-state index in [9.17, 15) is 0 Å². The van der Waals surface area contributed by atoms with Crippen LogP contribution >= 0.6 is 0 Å². The van der Waals surface area contributed by atoms with Gasteiger partial charge in [-0.25, -0.2) is 0 Å². The highest BCUT2D eigenvalue weighted by molar-refractivity contribution is 6.24. The molecule has 0 saturated carbocycles. The molecule has 0 atom stereocenters. The molecule has 11 rings (SSSR count). The number of benzene rings is 10. The van der Waals surface area contributed by atoms with Crippen LogP contribution in [0.3, 0.4) is 0 Å². The van der Waals surface area contributed by atoms with Crippen LogP contribution in [0.25, 0.3) is 98.7 Å². The maximum Gasteiger partial charge on any atom is 0.0159 e. The maximum atomic E-state index is 2.47. The van der Waals surface area contributed by atoms with Gasteiger partial charge in [0.2, 0.25) is 0 Å². The monoisotopic (exact) mass is 698 g/mol. The van der Waals surface area contributed by atoms with Crippen molar-refractivity contribution >= 4 is 43.1 Å². The molecular formula is C55H38. The van der Waals surface area contributed by atoms with Gasteiger partial charge >= 0.3 is 0 Å². The van der Waals surface area contributed by atoms with E-state index in [4.69, 9.17) is 0 Å². The summed E-state index contributed by atoms with van der Waals surface area (Å²) in [4.78, 5) is 0. The number of rotatable bonds is 4. The Bertz CT molecular complexity index is 3160. The Morgan fingerprint density at radius 3 is 1.67 bits per heavy atom. The summed E-state index contributed by atoms with van der Waals surface area (Å²) < 4.78 is 0. The van der Waals surface area contributed by atoms with Crippen molar-refractivity contribution in [3.8, 4) is 55.6 Å². The molecule has 1 aliphatic rings. The fourth-order valence-corrected chi connectivity index (χ4v) is 9.60. The predicted octanol–water partition coefficient (Wildman–Crippen LogP) is 15.3. The fraction of sp³-hybridized carbons (Fsp3) is 0.0545. The standard InChI is InChI=1S/C55H38/c1-55(2)50-24-11-10-21-47(50)54-48(23-13-25-51(54)55)53-45-20-9-8-19-44(45)52(41-29-28-38-32-37(26-27-39(38)33-41)35-14-4-3-5-15-35)46-31-30-40(34-49(46)53)43-22-12-17-36-16-6-7-18-42(36)43/h3-34H,1-2H3. The molecule has 1 aliphatic carbocycles. The van der Waals surface area contributed by atoms with Crippen molar-refractivity contribution in [2.24, 2.45) is 0 Å². The lowest BCUT2D eigenvalue weighted by molar-refractivity contribution is 0.660. The lowest BCUT2D eigenvalue weighted by Crippen LogP contribution is -2.14. The summed E-state index contributed by atoms with van der Waals surface area (Å²) in [5, 5.41) is 10.1. The molecule has 258 valence electrons. The molecule has 0 bridgehead atoms. The zero-order valence-electron chi connectivity index (χ0n) is 31.0. The third kappa shape index (κ3) is 4.85. The lowest BCUT2D eigenvalue weighted by Gasteiger charge is -2.23. The second kappa shape index (κ2) is 12.1. The van der Waals surface area contributed by atoms with Crippen LogP contribution in [-0.4, -0.2) is 0 Å². The van der Waals surface area contributed by atoms with E-state index in [0.717, 1.165) is 0 Å². The largest absolute Gasteiger partial charge is 0.0622 e. The molecule has 0 heteroatoms. The fourth-order valence-electron chi connectivity index (χ4n) is 9.60. The molecule has 0 fully saturated rings. The molecule has 0 aliphatic heterocycles. The summed E-state index contributed by atoms with van der Waals surface area (Å²) in [6, 6.07) is 72.3. The molecule has 10 aromatic carbocycles. The van der Waals surface area contributed by atoms with Crippen molar-refractivity contribution in [3.63, 3.8) is 0 Å². The number of hydrogen-bond acceptors (Lipinski definition) is 0. The molecular weight excluding hydrogens is 661 g/mol. The molecule has 0 nitrogen and oxygen atoms in total. The summed E-state index contributed by atoms with van der Waals surface area (Å²) in [7, 11) is 0. The summed E-state index contributed by atoms with van der Waals surface area (Å²) in [6.07, 6.45) is 0. The molecule has 0 heterocycles. The van der Waals surface area contributed by atoms with E-state index in [1.54, 1.807) is 0 Å². The smallest absolute Gasteiger partial charge is 0.0159 e. The summed E-state index contributed by atoms with van der Waals surface area (Å²) in [6.45, 7) is 4.75. The van der Waals surface area contributed by atoms with Crippen molar-refractivity contribution in [2.45, 2.75) is 19.3 Å². The Morgan fingerprint density at radius 2 is 0.836 bits per heavy atom. The van der Waals surface area contributed by atoms with E-state index in [1.807, 2.05) is 0 Å². The van der Waals surface area contributed by atoms with Crippen LogP contribution in [0.2, 0.25) is 0 Å². The molecule has 0 N–H and O–H groups in total. The van der Waals surface area contributed by atoms with Crippen LogP contribution in [0.15, 0.2) is 194 Å². The highest BCUT2D eigenvalue weighted by Gasteiger charge is 2.37. The van der Waals surface area contributed by atoms with Crippen molar-refractivity contribution in [2.75, 3.05) is 0 Å². The van der Waals surface area contributed by atoms with E-state index in [0.29, 0.717) is 0 Å². The van der Waals surface area contributed by atoms with E-state index < -0.39 is 0 Å². The highest BCUT2D eigenvalue weighted by atomic mass is 14.4. The molecule has 10 aromatic rings. The normalized spacial score (nSPS) is 13.1. The lowest BCUT2D eigenvalue weighted by atomic mass is 9.80. The first-order valence-electron chi connectivity index (χ1n) is 19.3. The zero-order chi connectivity index (χ0) is 36.7. The van der Waals surface area contributed by atoms with Crippen molar-refractivity contribution in [1.82, 2.24) is 0 Å². The first-order chi connectivity index (χ1) is 27.0. The van der Waals surface area contributed by atoms with Gasteiger partial charge in [0, 0.05) is 5.41 Å². The Balaban J connectivity index is 1.23. The van der Waals surface area contributed by atoms with Crippen molar-refractivity contribution < 1.29 is 0 Å². The van der Waals surface area contributed by atoms with E-state index in [2.05, 4.69) is 208 Å². The van der Waals surface area contributed by atoms with Gasteiger partial charge in [-0.3, -0.25) is 0 Å². The quantitative estimate of drug-likeness (QED) is 0.161. The average Bonchev–Trinajstić information content (AvgIpc) is 3.48. The van der Waals surface area contributed by atoms with Crippen LogP contribution in [0.4, 0.5) is 0 Å². The number of fused-ring (bicyclic) bond motifs is 7. The molecule has 0 amide bonds. The SMILES string of the molecule is CC1(C)c2ccccc2-c2c(-c3c4ccccc4c(-c4ccc5cc(-c6ccccc6)ccc5c4)c4ccc(-c5cccc6ccccc56)cc34)cccc21. The van der Waals surface area contributed by atoms with Crippen LogP contribution in [0.1, 0.15) is 25.0 Å². The van der Waals surface area contributed by atoms with Gasteiger partial charge in [0.15, 0.2) is 0 Å². The summed E-state index contributed by atoms with van der Waals surface area (Å²) >= 11 is 0. The molecule has 0 radical (unpaired) electrons. The minimum absolute atomic E-state index is 0.0902. The molecule has 55 heavy (non-hydrogen) atoms. The summed E-state index contributed by atoms with van der Waals surface area (Å²) in [5.41, 5.74) is 15.5. The summed E-state index contributed by atoms with van der Waals surface area (Å²) in [5.74, 6) is 0. The Morgan fingerprint density at radius 1 is 0.273 bits per heavy atom. The third-order valence-electron chi connectivity index (χ3n) is 12.2. The first-order valence-corrected chi connectivity index (χ1v) is 19.3. The second-order valence-corrected chi connectivity index (χ2v) is 15.6. The molecule has 0 unspecified atom stereocenters. The molecule has 0 aromatic heterocycles. The number of hydrogen-bond donors (Lipinski definition) is 0. The van der Waals surface area contributed by atoms with Crippen LogP contribution in [0, 0.1) is 0 Å². The topological polar surface area (TPSA) is 0 Å². The van der Waals surface area contributed by atoms with Gasteiger partial charge in [-0.2, -0.15) is 0 Å². The van der Waals surface area contributed by atoms with Crippen molar-refractivity contribution in [3.05, 3.63) is 205 Å². The minimum atomic E-state index is -0.0902. The van der Waals surface area contributed by atoms with Gasteiger partial charge in [0.25, 0.3) is 0 Å². The van der Waals surface area contributed by atoms with Crippen LogP contribution < -0.4 is 0 Å². The average molecular weight is 699 g/mol. The van der Waals surface area contributed by atoms with Gasteiger partial charge in [-0.1, -0.05) is 190 Å². The van der Waals surface area contributed by atoms with Gasteiger partial charge in [-0.15, -0.1) is 0 Å². The maximum absolute atomic E-state index is 2.47. The molecule has 0 spiro atoms. The van der Waals surface area contributed by atoms with Gasteiger partial charge in [-0.05, 0) is 128 Å². The zero-order valence-corrected chi connectivity index (χ0v) is 31.0. The Labute approximate surface area is 322 Å². The van der Waals surface area contributed by atoms with E-state index in [-0.39, 0.29) is 5.41 Å². The van der Waals surface area contributed by atoms with Crippen LogP contribution in [0.5, 0.6) is 0 Å². The van der Waals surface area contributed by atoms with E-state index in [1.165, 1.54) is 110 Å². The predicted molar refractivity (Wildman–Crippen MR) is 236 cm³/mol. The second-order valence-electron chi connectivity index (χ2n) is 15.6. The third-order valence-corrected chi connectivity index (χ3v) is 12.2. The van der Waals surface area contributed by atoms with Crippen LogP contribution in [-0.2, 0) is 5.41 Å². The molecule has 0 saturated heterocycles. The van der Waals surface area contributed by atoms with E-state index >= 15 is 0 Å². The van der Waals surface area contributed by atoms with Gasteiger partial charge in [0.1, 0.15) is 0 Å². The van der Waals surface area contributed by atoms with Crippen molar-refractivity contribution in [1.29, 1.82) is 0 Å².